The van der Waals surface area contributed by atoms with Crippen molar-refractivity contribution in [3.05, 3.63) is 28.8 Å². The Balaban J connectivity index is 1.56. The molecule has 0 N–H and O–H groups in total. The minimum absolute atomic E-state index is 0.127. The first kappa shape index (κ1) is 14.6. The van der Waals surface area contributed by atoms with E-state index in [9.17, 15) is 4.79 Å². The van der Waals surface area contributed by atoms with Gasteiger partial charge >= 0.3 is 6.03 Å². The van der Waals surface area contributed by atoms with Crippen LogP contribution in [-0.4, -0.2) is 55.2 Å². The zero-order chi connectivity index (χ0) is 15.8. The van der Waals surface area contributed by atoms with E-state index < -0.39 is 0 Å². The summed E-state index contributed by atoms with van der Waals surface area (Å²) in [4.78, 5) is 20.5. The van der Waals surface area contributed by atoms with Crippen molar-refractivity contribution < 1.29 is 4.79 Å². The van der Waals surface area contributed by atoms with Crippen molar-refractivity contribution in [3.63, 3.8) is 0 Å². The van der Waals surface area contributed by atoms with Gasteiger partial charge < -0.3 is 14.4 Å². The van der Waals surface area contributed by atoms with E-state index in [2.05, 4.69) is 35.7 Å². The summed E-state index contributed by atoms with van der Waals surface area (Å²) >= 11 is 3.43. The Morgan fingerprint density at radius 2 is 1.87 bits per heavy atom. The highest BCUT2D eigenvalue weighted by Gasteiger charge is 2.29. The molecule has 0 aliphatic carbocycles. The number of carbonyl (C=O) groups excluding carboxylic acids is 1. The number of carbonyl (C=O) groups is 1. The quantitative estimate of drug-likeness (QED) is 0.764. The first-order chi connectivity index (χ1) is 11.2. The number of urea groups is 1. The van der Waals surface area contributed by atoms with Gasteiger partial charge in [0.25, 0.3) is 0 Å². The molecule has 0 atom stereocenters. The molecule has 2 aromatic rings. The fourth-order valence-electron chi connectivity index (χ4n) is 3.18. The van der Waals surface area contributed by atoms with E-state index in [1.807, 2.05) is 15.9 Å². The van der Waals surface area contributed by atoms with Crippen LogP contribution in [0.1, 0.15) is 18.7 Å². The number of pyridine rings is 1. The molecule has 0 unspecified atom stereocenters. The molecule has 0 saturated carbocycles. The lowest BCUT2D eigenvalue weighted by molar-refractivity contribution is 0.149. The third-order valence-corrected chi connectivity index (χ3v) is 4.80. The molecule has 1 saturated heterocycles. The van der Waals surface area contributed by atoms with Crippen molar-refractivity contribution in [1.82, 2.24) is 29.5 Å². The predicted octanol–water partition coefficient (Wildman–Crippen LogP) is 2.13. The monoisotopic (exact) mass is 376 g/mol. The first-order valence-corrected chi connectivity index (χ1v) is 8.58. The number of halogens is 1. The van der Waals surface area contributed by atoms with Crippen LogP contribution < -0.4 is 0 Å². The topological polar surface area (TPSA) is 67.2 Å². The van der Waals surface area contributed by atoms with Crippen LogP contribution in [0.3, 0.4) is 0 Å². The molecule has 1 fully saturated rings. The highest BCUT2D eigenvalue weighted by molar-refractivity contribution is 9.10. The van der Waals surface area contributed by atoms with E-state index >= 15 is 0 Å². The van der Waals surface area contributed by atoms with Crippen LogP contribution >= 0.6 is 15.9 Å². The Morgan fingerprint density at radius 3 is 2.65 bits per heavy atom. The Kier molecular flexibility index (Phi) is 3.76. The maximum atomic E-state index is 12.5. The number of hydrogen-bond donors (Lipinski definition) is 0. The normalized spacial score (nSPS) is 17.4. The second-order valence-electron chi connectivity index (χ2n) is 5.88. The molecule has 0 spiro atoms. The molecule has 7 nitrogen and oxygen atoms in total. The van der Waals surface area contributed by atoms with Crippen LogP contribution in [0.15, 0.2) is 22.9 Å². The van der Waals surface area contributed by atoms with Gasteiger partial charge in [-0.25, -0.2) is 4.79 Å². The fraction of sp³-hybridized carbons (Fsp3) is 0.467. The number of hydrogen-bond acceptors (Lipinski definition) is 4. The van der Waals surface area contributed by atoms with Gasteiger partial charge in [0, 0.05) is 48.6 Å². The van der Waals surface area contributed by atoms with Crippen LogP contribution in [0.4, 0.5) is 4.79 Å². The predicted molar refractivity (Wildman–Crippen MR) is 87.6 cm³/mol. The van der Waals surface area contributed by atoms with Gasteiger partial charge in [-0.1, -0.05) is 0 Å². The lowest BCUT2D eigenvalue weighted by Crippen LogP contribution is -2.45. The molecule has 0 radical (unpaired) electrons. The summed E-state index contributed by atoms with van der Waals surface area (Å²) in [6.07, 6.45) is 5.74. The van der Waals surface area contributed by atoms with Crippen molar-refractivity contribution >= 4 is 22.0 Å². The Bertz CT molecular complexity index is 739. The average molecular weight is 377 g/mol. The minimum Gasteiger partial charge on any atom is -0.325 e. The van der Waals surface area contributed by atoms with Gasteiger partial charge in [0.2, 0.25) is 0 Å². The molecule has 0 bridgehead atoms. The second-order valence-corrected chi connectivity index (χ2v) is 6.80. The van der Waals surface area contributed by atoms with E-state index in [1.165, 1.54) is 0 Å². The summed E-state index contributed by atoms with van der Waals surface area (Å²) in [6.45, 7) is 3.66. The smallest absolute Gasteiger partial charge is 0.320 e. The lowest BCUT2D eigenvalue weighted by atomic mass is 10.2. The lowest BCUT2D eigenvalue weighted by Gasteiger charge is -2.31. The molecule has 4 rings (SSSR count). The van der Waals surface area contributed by atoms with Gasteiger partial charge in [-0.2, -0.15) is 0 Å². The van der Waals surface area contributed by atoms with Crippen LogP contribution in [0, 0.1) is 0 Å². The molecular formula is C15H17BrN6O. The Hall–Kier alpha value is -1.96. The van der Waals surface area contributed by atoms with Crippen molar-refractivity contribution in [1.29, 1.82) is 0 Å². The summed E-state index contributed by atoms with van der Waals surface area (Å²) in [7, 11) is 0. The van der Waals surface area contributed by atoms with Crippen LogP contribution in [-0.2, 0) is 13.1 Å². The largest absolute Gasteiger partial charge is 0.325 e. The zero-order valence-electron chi connectivity index (χ0n) is 12.7. The summed E-state index contributed by atoms with van der Waals surface area (Å²) in [5.41, 5.74) is 0.928. The molecule has 4 heterocycles. The Morgan fingerprint density at radius 1 is 1.04 bits per heavy atom. The summed E-state index contributed by atoms with van der Waals surface area (Å²) in [5, 5.41) is 8.58. The van der Waals surface area contributed by atoms with E-state index in [0.29, 0.717) is 19.6 Å². The van der Waals surface area contributed by atoms with Gasteiger partial charge in [-0.15, -0.1) is 10.2 Å². The molecular weight excluding hydrogens is 360 g/mol. The molecule has 2 aliphatic rings. The number of amides is 2. The maximum absolute atomic E-state index is 12.5. The molecule has 2 aromatic heterocycles. The first-order valence-electron chi connectivity index (χ1n) is 7.79. The van der Waals surface area contributed by atoms with Gasteiger partial charge in [0.1, 0.15) is 0 Å². The number of fused-ring (bicyclic) bond motifs is 1. The van der Waals surface area contributed by atoms with E-state index in [4.69, 9.17) is 0 Å². The number of aromatic nitrogens is 4. The SMILES string of the molecule is O=C(N1CCCC1)N1CCn2c(nnc2-c2cncc(Br)c2)C1. The van der Waals surface area contributed by atoms with Crippen molar-refractivity contribution in [2.75, 3.05) is 19.6 Å². The average Bonchev–Trinajstić information content (AvgIpc) is 3.23. The number of likely N-dealkylation sites (tertiary alicyclic amines) is 1. The zero-order valence-corrected chi connectivity index (χ0v) is 14.2. The van der Waals surface area contributed by atoms with Crippen molar-refractivity contribution in [2.45, 2.75) is 25.9 Å². The molecule has 2 amide bonds. The number of rotatable bonds is 1. The van der Waals surface area contributed by atoms with Gasteiger partial charge in [0.15, 0.2) is 11.6 Å². The van der Waals surface area contributed by atoms with Crippen LogP contribution in [0.25, 0.3) is 11.4 Å². The summed E-state index contributed by atoms with van der Waals surface area (Å²) in [6, 6.07) is 2.11. The fourth-order valence-corrected chi connectivity index (χ4v) is 3.54. The molecule has 0 aromatic carbocycles. The van der Waals surface area contributed by atoms with Gasteiger partial charge in [-0.3, -0.25) is 4.98 Å². The highest BCUT2D eigenvalue weighted by Crippen LogP contribution is 2.24. The Labute approximate surface area is 142 Å². The van der Waals surface area contributed by atoms with Crippen LogP contribution in [0.5, 0.6) is 0 Å². The number of nitrogens with zero attached hydrogens (tertiary/aromatic N) is 6. The third kappa shape index (κ3) is 2.71. The minimum atomic E-state index is 0.127. The maximum Gasteiger partial charge on any atom is 0.320 e. The van der Waals surface area contributed by atoms with E-state index in [-0.39, 0.29) is 6.03 Å². The second kappa shape index (κ2) is 5.92. The standard InChI is InChI=1S/C15H17BrN6O/c16-12-7-11(8-17-9-12)14-19-18-13-10-21(5-6-22(13)14)15(23)20-3-1-2-4-20/h7-9H,1-6,10H2. The van der Waals surface area contributed by atoms with Crippen LogP contribution in [0.2, 0.25) is 0 Å². The van der Waals surface area contributed by atoms with Gasteiger partial charge in [0.05, 0.1) is 6.54 Å². The van der Waals surface area contributed by atoms with Crippen molar-refractivity contribution in [2.24, 2.45) is 0 Å². The highest BCUT2D eigenvalue weighted by atomic mass is 79.9. The summed E-state index contributed by atoms with van der Waals surface area (Å²) in [5.74, 6) is 1.64. The summed E-state index contributed by atoms with van der Waals surface area (Å²) < 4.78 is 2.99. The molecule has 23 heavy (non-hydrogen) atoms. The van der Waals surface area contributed by atoms with Crippen molar-refractivity contribution in [3.8, 4) is 11.4 Å². The van der Waals surface area contributed by atoms with Gasteiger partial charge in [-0.05, 0) is 34.8 Å². The van der Waals surface area contributed by atoms with E-state index in [0.717, 1.165) is 47.6 Å². The molecule has 120 valence electrons. The molecule has 2 aliphatic heterocycles. The van der Waals surface area contributed by atoms with E-state index in [1.54, 1.807) is 12.4 Å². The molecule has 8 heteroatoms. The third-order valence-electron chi connectivity index (χ3n) is 4.36.